The van der Waals surface area contributed by atoms with E-state index in [0.717, 1.165) is 69.1 Å². The summed E-state index contributed by atoms with van der Waals surface area (Å²) in [4.78, 5) is 71.9. The number of carbonyl (C=O) groups is 6. The number of ether oxygens (including phenoxy) is 10. The van der Waals surface area contributed by atoms with Gasteiger partial charge in [0.1, 0.15) is 11.7 Å². The molecular weight excluding hydrogens is 1080 g/mol. The molecule has 8 aliphatic carbocycles. The van der Waals surface area contributed by atoms with Crippen LogP contribution in [0.5, 0.6) is 0 Å². The molecule has 0 aromatic rings. The molecule has 0 spiro atoms. The van der Waals surface area contributed by atoms with Crippen LogP contribution in [-0.2, 0) is 76.1 Å². The highest BCUT2D eigenvalue weighted by molar-refractivity contribution is 5.78. The van der Waals surface area contributed by atoms with Gasteiger partial charge in [0.25, 0.3) is 0 Å². The van der Waals surface area contributed by atoms with Crippen molar-refractivity contribution in [3.63, 3.8) is 0 Å². The molecule has 8 rings (SSSR count). The van der Waals surface area contributed by atoms with Gasteiger partial charge in [0.05, 0.1) is 39.6 Å². The summed E-state index contributed by atoms with van der Waals surface area (Å²) in [7, 11) is 3.00. The van der Waals surface area contributed by atoms with Crippen molar-refractivity contribution in [3.05, 3.63) is 0 Å². The van der Waals surface area contributed by atoms with E-state index < -0.39 is 39.7 Å². The smallest absolute Gasteiger partial charge is 0.313 e. The van der Waals surface area contributed by atoms with Gasteiger partial charge in [-0.05, 0) is 252 Å². The summed E-state index contributed by atoms with van der Waals surface area (Å²) in [6.45, 7) is 39.7. The van der Waals surface area contributed by atoms with Gasteiger partial charge in [-0.25, -0.2) is 0 Å². The number of esters is 6. The predicted octanol–water partition coefficient (Wildman–Crippen LogP) is 15.5. The zero-order valence-electron chi connectivity index (χ0n) is 56.0. The van der Waals surface area contributed by atoms with Gasteiger partial charge in [0, 0.05) is 20.8 Å². The van der Waals surface area contributed by atoms with Crippen LogP contribution in [0.1, 0.15) is 250 Å². The Balaban J connectivity index is 0.000000596. The van der Waals surface area contributed by atoms with Gasteiger partial charge in [0.2, 0.25) is 0 Å². The number of methoxy groups -OCH3 is 2. The lowest BCUT2D eigenvalue weighted by atomic mass is 9.50. The van der Waals surface area contributed by atoms with Crippen LogP contribution in [0.3, 0.4) is 0 Å². The van der Waals surface area contributed by atoms with E-state index in [4.69, 9.17) is 42.6 Å². The Hall–Kier alpha value is -3.34. The summed E-state index contributed by atoms with van der Waals surface area (Å²) in [5.74, 6) is 6.01. The van der Waals surface area contributed by atoms with Crippen molar-refractivity contribution >= 4 is 35.8 Å². The molecule has 16 heteroatoms. The number of hydrogen-bond donors (Lipinski definition) is 0. The molecule has 85 heavy (non-hydrogen) atoms. The number of fused-ring (bicyclic) bond motifs is 9. The summed E-state index contributed by atoms with van der Waals surface area (Å²) in [6.07, 6.45) is 15.1. The average molecular weight is 1210 g/mol. The molecule has 8 aliphatic rings. The summed E-state index contributed by atoms with van der Waals surface area (Å²) in [5, 5.41) is 0. The van der Waals surface area contributed by atoms with Crippen molar-refractivity contribution in [1.82, 2.24) is 0 Å². The molecule has 0 N–H and O–H groups in total. The Bertz CT molecular complexity index is 2030. The van der Waals surface area contributed by atoms with Gasteiger partial charge >= 0.3 is 35.8 Å². The summed E-state index contributed by atoms with van der Waals surface area (Å²) >= 11 is 0. The molecule has 0 amide bonds. The quantitative estimate of drug-likeness (QED) is 0.0291. The van der Waals surface area contributed by atoms with E-state index in [1.165, 1.54) is 59.2 Å². The lowest BCUT2D eigenvalue weighted by Gasteiger charge is -2.59. The van der Waals surface area contributed by atoms with E-state index >= 15 is 0 Å². The molecule has 0 aromatic heterocycles. The van der Waals surface area contributed by atoms with Crippen molar-refractivity contribution in [2.24, 2.45) is 92.2 Å². The number of hydrogen-bond acceptors (Lipinski definition) is 16. The Labute approximate surface area is 517 Å². The molecule has 8 fully saturated rings. The van der Waals surface area contributed by atoms with Gasteiger partial charge in [-0.1, -0.05) is 56.4 Å². The second-order valence-electron chi connectivity index (χ2n) is 28.5. The molecule has 8 saturated carbocycles. The van der Waals surface area contributed by atoms with E-state index in [2.05, 4.69) is 18.6 Å². The van der Waals surface area contributed by atoms with Crippen LogP contribution in [0.4, 0.5) is 0 Å². The van der Waals surface area contributed by atoms with Crippen LogP contribution in [0.2, 0.25) is 0 Å². The maximum Gasteiger partial charge on any atom is 0.313 e. The Morgan fingerprint density at radius 3 is 1.36 bits per heavy atom. The van der Waals surface area contributed by atoms with Crippen molar-refractivity contribution < 1.29 is 76.1 Å². The van der Waals surface area contributed by atoms with E-state index in [9.17, 15) is 28.8 Å². The van der Waals surface area contributed by atoms with Crippen molar-refractivity contribution in [2.45, 2.75) is 274 Å². The fourth-order valence-corrected chi connectivity index (χ4v) is 13.3. The average Bonchev–Trinajstić information content (AvgIpc) is 1.64. The van der Waals surface area contributed by atoms with E-state index in [0.29, 0.717) is 54.6 Å². The molecular formula is C69H126O16. The highest BCUT2D eigenvalue weighted by atomic mass is 16.7. The minimum Gasteiger partial charge on any atom is -0.462 e. The largest absolute Gasteiger partial charge is 0.462 e. The predicted molar refractivity (Wildman–Crippen MR) is 333 cm³/mol. The SMILES string of the molecule is C.C.CCC(C)(C)C(=O)OC(C)OC.CCC(C)(C)C(=O)OC1CC2CC1C1C3CC(CC3C(=O)OC3(C)C4CC5CC(C4)CC3C5)C21.CCC(C)(C)C(=O)OCOC.CCCOCOC(=O)C(C)(C)CC.CCOC(C)OC(=O)C(C)(C)CC. The first-order valence-corrected chi connectivity index (χ1v) is 32.1. The first-order chi connectivity index (χ1) is 38.6. The number of carbonyl (C=O) groups excluding carboxylic acids is 6. The molecule has 10 atom stereocenters. The normalized spacial score (nSPS) is 28.9. The maximum atomic E-state index is 13.7. The molecule has 0 heterocycles. The third kappa shape index (κ3) is 21.1. The van der Waals surface area contributed by atoms with Crippen LogP contribution in [0.25, 0.3) is 0 Å². The second-order valence-corrected chi connectivity index (χ2v) is 28.5. The van der Waals surface area contributed by atoms with Crippen molar-refractivity contribution in [1.29, 1.82) is 0 Å². The molecule has 0 saturated heterocycles. The van der Waals surface area contributed by atoms with E-state index in [1.54, 1.807) is 13.8 Å². The van der Waals surface area contributed by atoms with Gasteiger partial charge in [0.15, 0.2) is 26.2 Å². The third-order valence-electron chi connectivity index (χ3n) is 20.8. The fraction of sp³-hybridized carbons (Fsp3) is 0.913. The lowest BCUT2D eigenvalue weighted by Crippen LogP contribution is -2.58. The minimum atomic E-state index is -0.455. The number of rotatable bonds is 24. The summed E-state index contributed by atoms with van der Waals surface area (Å²) in [5.41, 5.74) is -2.23. The van der Waals surface area contributed by atoms with Gasteiger partial charge in [-0.3, -0.25) is 28.8 Å². The van der Waals surface area contributed by atoms with Crippen LogP contribution >= 0.6 is 0 Å². The molecule has 0 aromatic carbocycles. The first-order valence-electron chi connectivity index (χ1n) is 32.1. The van der Waals surface area contributed by atoms with E-state index in [1.807, 2.05) is 111 Å². The molecule has 0 radical (unpaired) electrons. The van der Waals surface area contributed by atoms with Gasteiger partial charge in [-0.2, -0.15) is 0 Å². The van der Waals surface area contributed by atoms with Crippen molar-refractivity contribution in [3.8, 4) is 0 Å². The molecule has 16 nitrogen and oxygen atoms in total. The molecule has 8 bridgehead atoms. The third-order valence-corrected chi connectivity index (χ3v) is 20.8. The van der Waals surface area contributed by atoms with Crippen LogP contribution in [0, 0.1) is 92.2 Å². The zero-order valence-corrected chi connectivity index (χ0v) is 56.0. The Kier molecular flexibility index (Phi) is 32.4. The van der Waals surface area contributed by atoms with Crippen LogP contribution in [-0.4, -0.2) is 101 Å². The lowest BCUT2D eigenvalue weighted by molar-refractivity contribution is -0.209. The Morgan fingerprint density at radius 2 is 0.929 bits per heavy atom. The van der Waals surface area contributed by atoms with Crippen LogP contribution in [0.15, 0.2) is 0 Å². The Morgan fingerprint density at radius 1 is 0.506 bits per heavy atom. The summed E-state index contributed by atoms with van der Waals surface area (Å²) in [6, 6.07) is 0. The van der Waals surface area contributed by atoms with Crippen molar-refractivity contribution in [2.75, 3.05) is 41.0 Å². The highest BCUT2D eigenvalue weighted by Crippen LogP contribution is 2.70. The molecule has 498 valence electrons. The van der Waals surface area contributed by atoms with E-state index in [-0.39, 0.29) is 81.9 Å². The standard InChI is InChI=1S/C30H44O4.2C10H20O3.C9H18O3.C8H16O3.2CH4/c1-5-29(2,3)28(32)33-24-14-18-13-23(24)26-21-11-17(25(18)26)12-22(21)27(31)34-30(4)19-7-15-6-16(9-19)10-20(30)8-15;1-6-10(4,5)9(11)13-8(3)12-7-2;1-5-7-12-8-13-9(11)10(3,4)6-2;1-6-9(3,4)8(10)12-7(2)11-5;1-5-8(2,3)7(9)11-6-10-4;;/h15-26H,5-14H2,1-4H3;8H,6-7H2,1-5H3;5-8H2,1-4H3;7H,6H2,1-5H3;5-6H2,1-4H3;2*1H4. The second kappa shape index (κ2) is 34.6. The highest BCUT2D eigenvalue weighted by Gasteiger charge is 2.67. The minimum absolute atomic E-state index is 0. The molecule has 0 aliphatic heterocycles. The van der Waals surface area contributed by atoms with Gasteiger partial charge < -0.3 is 47.4 Å². The van der Waals surface area contributed by atoms with Gasteiger partial charge in [-0.15, -0.1) is 0 Å². The van der Waals surface area contributed by atoms with Crippen LogP contribution < -0.4 is 0 Å². The monoisotopic (exact) mass is 1210 g/mol. The summed E-state index contributed by atoms with van der Waals surface area (Å²) < 4.78 is 52.2. The maximum absolute atomic E-state index is 13.7. The topological polar surface area (TPSA) is 195 Å². The first kappa shape index (κ1) is 79.7. The molecule has 10 unspecified atom stereocenters. The zero-order chi connectivity index (χ0) is 63.1. The fourth-order valence-electron chi connectivity index (χ4n) is 13.3.